The topological polar surface area (TPSA) is 96.0 Å². The molecule has 94 valence electrons. The second-order valence-corrected chi connectivity index (χ2v) is 4.29. The van der Waals surface area contributed by atoms with Gasteiger partial charge in [0.25, 0.3) is 5.91 Å². The van der Waals surface area contributed by atoms with Crippen molar-refractivity contribution in [3.8, 4) is 6.07 Å². The maximum Gasteiger partial charge on any atom is 0.251 e. The monoisotopic (exact) mass is 245 g/mol. The number of benzene rings is 1. The minimum Gasteiger partial charge on any atom is -0.368 e. The lowest BCUT2D eigenvalue weighted by molar-refractivity contribution is -0.120. The summed E-state index contributed by atoms with van der Waals surface area (Å²) in [5, 5.41) is 11.2. The van der Waals surface area contributed by atoms with Crippen molar-refractivity contribution in [1.29, 1.82) is 5.26 Å². The number of nitrogens with one attached hydrogen (secondary N) is 1. The highest BCUT2D eigenvalue weighted by Crippen LogP contribution is 2.06. The Hall–Kier alpha value is -2.35. The van der Waals surface area contributed by atoms with Gasteiger partial charge in [-0.1, -0.05) is 13.8 Å². The number of hydrogen-bond acceptors (Lipinski definition) is 3. The Kier molecular flexibility index (Phi) is 4.44. The van der Waals surface area contributed by atoms with Gasteiger partial charge in [-0.05, 0) is 30.2 Å². The van der Waals surface area contributed by atoms with Crippen molar-refractivity contribution >= 4 is 11.8 Å². The normalized spacial score (nSPS) is 11.7. The lowest BCUT2D eigenvalue weighted by Gasteiger charge is -2.18. The number of primary amides is 1. The van der Waals surface area contributed by atoms with E-state index in [-0.39, 0.29) is 11.8 Å². The first-order chi connectivity index (χ1) is 8.45. The number of carbonyl (C=O) groups excluding carboxylic acids is 2. The highest BCUT2D eigenvalue weighted by Gasteiger charge is 2.22. The molecular formula is C13H15N3O2. The van der Waals surface area contributed by atoms with Crippen molar-refractivity contribution in [2.24, 2.45) is 11.7 Å². The summed E-state index contributed by atoms with van der Waals surface area (Å²) in [5.41, 5.74) is 6.08. The third-order valence-corrected chi connectivity index (χ3v) is 2.54. The average molecular weight is 245 g/mol. The summed E-state index contributed by atoms with van der Waals surface area (Å²) in [5.74, 6) is -1.02. The number of carbonyl (C=O) groups is 2. The Morgan fingerprint density at radius 3 is 2.22 bits per heavy atom. The Morgan fingerprint density at radius 2 is 1.83 bits per heavy atom. The van der Waals surface area contributed by atoms with E-state index in [4.69, 9.17) is 11.0 Å². The van der Waals surface area contributed by atoms with Crippen LogP contribution in [0.4, 0.5) is 0 Å². The molecule has 0 aliphatic carbocycles. The number of amides is 2. The van der Waals surface area contributed by atoms with E-state index in [0.717, 1.165) is 0 Å². The van der Waals surface area contributed by atoms with Gasteiger partial charge in [0.2, 0.25) is 5.91 Å². The maximum atomic E-state index is 11.9. The molecule has 0 saturated heterocycles. The third kappa shape index (κ3) is 3.32. The van der Waals surface area contributed by atoms with E-state index < -0.39 is 11.9 Å². The summed E-state index contributed by atoms with van der Waals surface area (Å²) in [7, 11) is 0. The van der Waals surface area contributed by atoms with Crippen molar-refractivity contribution in [2.75, 3.05) is 0 Å². The molecule has 1 atom stereocenters. The predicted molar refractivity (Wildman–Crippen MR) is 66.4 cm³/mol. The van der Waals surface area contributed by atoms with Crippen LogP contribution in [-0.4, -0.2) is 17.9 Å². The van der Waals surface area contributed by atoms with Crippen molar-refractivity contribution < 1.29 is 9.59 Å². The molecule has 0 aliphatic rings. The van der Waals surface area contributed by atoms with Gasteiger partial charge in [0.15, 0.2) is 0 Å². The molecule has 0 saturated carbocycles. The molecule has 5 nitrogen and oxygen atoms in total. The molecule has 0 aromatic heterocycles. The summed E-state index contributed by atoms with van der Waals surface area (Å²) >= 11 is 0. The van der Waals surface area contributed by atoms with Gasteiger partial charge in [0.1, 0.15) is 6.04 Å². The van der Waals surface area contributed by atoms with Crippen LogP contribution in [0.3, 0.4) is 0 Å². The van der Waals surface area contributed by atoms with Gasteiger partial charge in [-0.25, -0.2) is 0 Å². The molecule has 0 fully saturated rings. The summed E-state index contributed by atoms with van der Waals surface area (Å²) in [4.78, 5) is 23.0. The van der Waals surface area contributed by atoms with E-state index in [1.165, 1.54) is 12.1 Å². The maximum absolute atomic E-state index is 11.9. The zero-order chi connectivity index (χ0) is 13.7. The fourth-order valence-electron chi connectivity index (χ4n) is 1.49. The molecule has 0 unspecified atom stereocenters. The molecule has 1 rings (SSSR count). The lowest BCUT2D eigenvalue weighted by atomic mass is 10.0. The molecule has 18 heavy (non-hydrogen) atoms. The molecule has 0 heterocycles. The quantitative estimate of drug-likeness (QED) is 0.821. The molecular weight excluding hydrogens is 230 g/mol. The molecule has 0 aliphatic heterocycles. The van der Waals surface area contributed by atoms with Crippen LogP contribution in [0.1, 0.15) is 29.8 Å². The number of rotatable bonds is 4. The summed E-state index contributed by atoms with van der Waals surface area (Å²) in [6.07, 6.45) is 0. The van der Waals surface area contributed by atoms with Gasteiger partial charge >= 0.3 is 0 Å². The van der Waals surface area contributed by atoms with E-state index in [2.05, 4.69) is 5.32 Å². The van der Waals surface area contributed by atoms with Gasteiger partial charge in [-0.3, -0.25) is 9.59 Å². The molecule has 1 aromatic carbocycles. The first-order valence-corrected chi connectivity index (χ1v) is 5.56. The van der Waals surface area contributed by atoms with Gasteiger partial charge in [-0.15, -0.1) is 0 Å². The Bertz CT molecular complexity index is 486. The van der Waals surface area contributed by atoms with Gasteiger partial charge in [-0.2, -0.15) is 5.26 Å². The van der Waals surface area contributed by atoms with Crippen LogP contribution in [0.15, 0.2) is 24.3 Å². The Labute approximate surface area is 106 Å². The SMILES string of the molecule is CC(C)[C@H](NC(=O)c1ccc(C#N)cc1)C(N)=O. The third-order valence-electron chi connectivity index (χ3n) is 2.54. The van der Waals surface area contributed by atoms with Crippen LogP contribution in [0.5, 0.6) is 0 Å². The standard InChI is InChI=1S/C13H15N3O2/c1-8(2)11(12(15)17)16-13(18)10-5-3-9(7-14)4-6-10/h3-6,8,11H,1-2H3,(H2,15,17)(H,16,18)/t11-/m0/s1. The number of hydrogen-bond donors (Lipinski definition) is 2. The molecule has 1 aromatic rings. The molecule has 0 radical (unpaired) electrons. The second-order valence-electron chi connectivity index (χ2n) is 4.29. The van der Waals surface area contributed by atoms with Crippen molar-refractivity contribution in [3.63, 3.8) is 0 Å². The Balaban J connectivity index is 2.81. The number of nitrogens with zero attached hydrogens (tertiary/aromatic N) is 1. The fraction of sp³-hybridized carbons (Fsp3) is 0.308. The molecule has 2 amide bonds. The van der Waals surface area contributed by atoms with Gasteiger partial charge in [0, 0.05) is 5.56 Å². The van der Waals surface area contributed by atoms with Crippen LogP contribution in [0.25, 0.3) is 0 Å². The van der Waals surface area contributed by atoms with E-state index in [0.29, 0.717) is 11.1 Å². The van der Waals surface area contributed by atoms with E-state index in [1.54, 1.807) is 26.0 Å². The van der Waals surface area contributed by atoms with Crippen LogP contribution in [0, 0.1) is 17.2 Å². The zero-order valence-corrected chi connectivity index (χ0v) is 10.3. The second kappa shape index (κ2) is 5.82. The van der Waals surface area contributed by atoms with Crippen molar-refractivity contribution in [3.05, 3.63) is 35.4 Å². The van der Waals surface area contributed by atoms with Crippen LogP contribution >= 0.6 is 0 Å². The summed E-state index contributed by atoms with van der Waals surface area (Å²) < 4.78 is 0. The highest BCUT2D eigenvalue weighted by atomic mass is 16.2. The first kappa shape index (κ1) is 13.7. The summed E-state index contributed by atoms with van der Waals surface area (Å²) in [6, 6.07) is 7.42. The molecule has 3 N–H and O–H groups in total. The number of nitriles is 1. The van der Waals surface area contributed by atoms with E-state index >= 15 is 0 Å². The minimum absolute atomic E-state index is 0.0789. The fourth-order valence-corrected chi connectivity index (χ4v) is 1.49. The van der Waals surface area contributed by atoms with Crippen LogP contribution < -0.4 is 11.1 Å². The summed E-state index contributed by atoms with van der Waals surface area (Å²) in [6.45, 7) is 3.60. The van der Waals surface area contributed by atoms with Gasteiger partial charge in [0.05, 0.1) is 11.6 Å². The molecule has 0 spiro atoms. The average Bonchev–Trinajstić information content (AvgIpc) is 2.35. The highest BCUT2D eigenvalue weighted by molar-refractivity contribution is 5.97. The number of nitrogens with two attached hydrogens (primary N) is 1. The lowest BCUT2D eigenvalue weighted by Crippen LogP contribution is -2.47. The Morgan fingerprint density at radius 1 is 1.28 bits per heavy atom. The first-order valence-electron chi connectivity index (χ1n) is 5.56. The van der Waals surface area contributed by atoms with Crippen molar-refractivity contribution in [1.82, 2.24) is 5.32 Å². The van der Waals surface area contributed by atoms with E-state index in [1.807, 2.05) is 6.07 Å². The van der Waals surface area contributed by atoms with Crippen LogP contribution in [-0.2, 0) is 4.79 Å². The smallest absolute Gasteiger partial charge is 0.251 e. The largest absolute Gasteiger partial charge is 0.368 e. The molecule has 5 heteroatoms. The van der Waals surface area contributed by atoms with Gasteiger partial charge < -0.3 is 11.1 Å². The van der Waals surface area contributed by atoms with E-state index in [9.17, 15) is 9.59 Å². The van der Waals surface area contributed by atoms with Crippen molar-refractivity contribution in [2.45, 2.75) is 19.9 Å². The predicted octanol–water partition coefficient (Wildman–Crippen LogP) is 0.798. The zero-order valence-electron chi connectivity index (χ0n) is 10.3. The molecule has 0 bridgehead atoms. The minimum atomic E-state index is -0.701. The van der Waals surface area contributed by atoms with Crippen LogP contribution in [0.2, 0.25) is 0 Å².